The maximum Gasteiger partial charge on any atom is 0.263 e. The lowest BCUT2D eigenvalue weighted by Gasteiger charge is -2.13. The van der Waals surface area contributed by atoms with Gasteiger partial charge in [-0.3, -0.25) is 4.72 Å². The molecule has 0 atom stereocenters. The van der Waals surface area contributed by atoms with E-state index in [1.807, 2.05) is 13.8 Å². The lowest BCUT2D eigenvalue weighted by molar-refractivity contribution is 0.342. The zero-order chi connectivity index (χ0) is 18.9. The predicted octanol–water partition coefficient (Wildman–Crippen LogP) is 4.53. The summed E-state index contributed by atoms with van der Waals surface area (Å²) >= 11 is 1.41. The largest absolute Gasteiger partial charge is 0.492 e. The monoisotopic (exact) mass is 392 g/mol. The first kappa shape index (κ1) is 18.5. The third-order valence-corrected chi connectivity index (χ3v) is 6.47. The van der Waals surface area contributed by atoms with Crippen molar-refractivity contribution < 1.29 is 17.7 Å². The Labute approximate surface area is 156 Å². The van der Waals surface area contributed by atoms with Crippen LogP contribution in [0.3, 0.4) is 0 Å². The van der Waals surface area contributed by atoms with Crippen LogP contribution in [0.2, 0.25) is 0 Å². The first-order valence-corrected chi connectivity index (χ1v) is 10.4. The quantitative estimate of drug-likeness (QED) is 0.667. The highest BCUT2D eigenvalue weighted by Gasteiger charge is 2.29. The summed E-state index contributed by atoms with van der Waals surface area (Å²) in [6.07, 6.45) is 0. The predicted molar refractivity (Wildman–Crippen MR) is 102 cm³/mol. The molecule has 26 heavy (non-hydrogen) atoms. The maximum atomic E-state index is 13.2. The van der Waals surface area contributed by atoms with E-state index >= 15 is 0 Å². The Morgan fingerprint density at radius 3 is 2.58 bits per heavy atom. The fourth-order valence-corrected chi connectivity index (χ4v) is 5.72. The van der Waals surface area contributed by atoms with Crippen LogP contribution in [-0.4, -0.2) is 20.2 Å². The Bertz CT molecular complexity index is 1040. The molecule has 3 aromatic rings. The van der Waals surface area contributed by atoms with Gasteiger partial charge in [-0.15, -0.1) is 11.3 Å². The molecular formula is C18H20N2O4S2. The zero-order valence-corrected chi connectivity index (χ0v) is 16.6. The highest BCUT2D eigenvalue weighted by molar-refractivity contribution is 7.93. The van der Waals surface area contributed by atoms with Gasteiger partial charge in [-0.2, -0.15) is 0 Å². The van der Waals surface area contributed by atoms with E-state index in [1.165, 1.54) is 11.3 Å². The molecule has 0 aliphatic rings. The second-order valence-electron chi connectivity index (χ2n) is 5.79. The van der Waals surface area contributed by atoms with E-state index in [0.29, 0.717) is 39.9 Å². The standard InChI is InChI=1S/C18H20N2O4S2/c1-5-23-15-9-7-6-8-14(15)20-26(21,22)18-13(4)25-12(3)17(18)16-10-11(2)19-24-16/h6-10,20H,5H2,1-4H3. The van der Waals surface area contributed by atoms with Crippen molar-refractivity contribution in [2.75, 3.05) is 11.3 Å². The normalized spacial score (nSPS) is 11.5. The Hall–Kier alpha value is -2.32. The van der Waals surface area contributed by atoms with Gasteiger partial charge in [0.2, 0.25) is 0 Å². The first-order valence-electron chi connectivity index (χ1n) is 8.11. The van der Waals surface area contributed by atoms with Crippen molar-refractivity contribution in [3.63, 3.8) is 0 Å². The van der Waals surface area contributed by atoms with Gasteiger partial charge in [0.25, 0.3) is 10.0 Å². The van der Waals surface area contributed by atoms with E-state index in [2.05, 4.69) is 9.88 Å². The Kier molecular flexibility index (Phi) is 5.06. The van der Waals surface area contributed by atoms with Crippen LogP contribution in [0.25, 0.3) is 11.3 Å². The molecule has 0 amide bonds. The number of thiophene rings is 1. The summed E-state index contributed by atoms with van der Waals surface area (Å²) in [7, 11) is -3.84. The summed E-state index contributed by atoms with van der Waals surface area (Å²) in [5, 5.41) is 3.88. The third kappa shape index (κ3) is 3.47. The number of sulfonamides is 1. The Morgan fingerprint density at radius 2 is 1.92 bits per heavy atom. The van der Waals surface area contributed by atoms with Crippen LogP contribution in [0, 0.1) is 20.8 Å². The van der Waals surface area contributed by atoms with Gasteiger partial charge in [-0.05, 0) is 39.8 Å². The molecule has 1 N–H and O–H groups in total. The summed E-state index contributed by atoms with van der Waals surface area (Å²) in [5.74, 6) is 0.933. The van der Waals surface area contributed by atoms with Gasteiger partial charge < -0.3 is 9.26 Å². The van der Waals surface area contributed by atoms with E-state index in [1.54, 1.807) is 44.2 Å². The molecule has 0 aliphatic heterocycles. The van der Waals surface area contributed by atoms with Crippen LogP contribution in [0.5, 0.6) is 5.75 Å². The molecule has 0 fully saturated rings. The number of nitrogens with one attached hydrogen (secondary N) is 1. The second kappa shape index (κ2) is 7.13. The van der Waals surface area contributed by atoms with Crippen molar-refractivity contribution in [1.29, 1.82) is 0 Å². The van der Waals surface area contributed by atoms with E-state index in [-0.39, 0.29) is 4.90 Å². The van der Waals surface area contributed by atoms with Crippen LogP contribution in [0.1, 0.15) is 22.4 Å². The molecule has 1 aromatic carbocycles. The van der Waals surface area contributed by atoms with E-state index in [0.717, 1.165) is 4.88 Å². The molecule has 2 aromatic heterocycles. The lowest BCUT2D eigenvalue weighted by atomic mass is 10.2. The van der Waals surface area contributed by atoms with Gasteiger partial charge in [0.05, 0.1) is 23.6 Å². The summed E-state index contributed by atoms with van der Waals surface area (Å²) in [6, 6.07) is 8.70. The van der Waals surface area contributed by atoms with Gasteiger partial charge in [0, 0.05) is 15.8 Å². The maximum absolute atomic E-state index is 13.2. The first-order chi connectivity index (χ1) is 12.3. The third-order valence-electron chi connectivity index (χ3n) is 3.78. The van der Waals surface area contributed by atoms with E-state index in [9.17, 15) is 8.42 Å². The van der Waals surface area contributed by atoms with Crippen LogP contribution >= 0.6 is 11.3 Å². The minimum atomic E-state index is -3.84. The number of ether oxygens (including phenoxy) is 1. The molecule has 0 spiro atoms. The number of para-hydroxylation sites is 2. The van der Waals surface area contributed by atoms with Crippen LogP contribution in [-0.2, 0) is 10.0 Å². The van der Waals surface area contributed by atoms with Crippen LogP contribution in [0.4, 0.5) is 5.69 Å². The van der Waals surface area contributed by atoms with Gasteiger partial charge in [-0.25, -0.2) is 8.42 Å². The van der Waals surface area contributed by atoms with Crippen molar-refractivity contribution in [1.82, 2.24) is 5.16 Å². The van der Waals surface area contributed by atoms with Crippen molar-refractivity contribution in [2.45, 2.75) is 32.6 Å². The number of anilines is 1. The van der Waals surface area contributed by atoms with E-state index in [4.69, 9.17) is 9.26 Å². The Balaban J connectivity index is 2.09. The number of aromatic nitrogens is 1. The number of aryl methyl sites for hydroxylation is 3. The van der Waals surface area contributed by atoms with Crippen molar-refractivity contribution in [3.8, 4) is 17.1 Å². The summed E-state index contributed by atoms with van der Waals surface area (Å²) in [5.41, 5.74) is 1.65. The number of hydrogen-bond acceptors (Lipinski definition) is 6. The highest BCUT2D eigenvalue weighted by atomic mass is 32.2. The average molecular weight is 393 g/mol. The van der Waals surface area contributed by atoms with Crippen molar-refractivity contribution >= 4 is 27.0 Å². The number of nitrogens with zero attached hydrogens (tertiary/aromatic N) is 1. The van der Waals surface area contributed by atoms with Gasteiger partial charge in [0.15, 0.2) is 5.76 Å². The molecule has 8 heteroatoms. The van der Waals surface area contributed by atoms with E-state index < -0.39 is 10.0 Å². The lowest BCUT2D eigenvalue weighted by Crippen LogP contribution is -2.15. The van der Waals surface area contributed by atoms with Crippen molar-refractivity contribution in [3.05, 3.63) is 45.8 Å². The number of rotatable bonds is 6. The van der Waals surface area contributed by atoms with Crippen molar-refractivity contribution in [2.24, 2.45) is 0 Å². The topological polar surface area (TPSA) is 81.4 Å². The minimum absolute atomic E-state index is 0.211. The van der Waals surface area contributed by atoms with Gasteiger partial charge in [0.1, 0.15) is 10.6 Å². The molecule has 0 bridgehead atoms. The molecule has 6 nitrogen and oxygen atoms in total. The molecule has 2 heterocycles. The fraction of sp³-hybridized carbons (Fsp3) is 0.278. The SMILES string of the molecule is CCOc1ccccc1NS(=O)(=O)c1c(C)sc(C)c1-c1cc(C)no1. The van der Waals surface area contributed by atoms with Crippen LogP contribution in [0.15, 0.2) is 39.8 Å². The summed E-state index contributed by atoms with van der Waals surface area (Å²) in [6.45, 7) is 7.75. The molecule has 0 radical (unpaired) electrons. The summed E-state index contributed by atoms with van der Waals surface area (Å²) in [4.78, 5) is 1.76. The molecule has 138 valence electrons. The van der Waals surface area contributed by atoms with Gasteiger partial charge in [-0.1, -0.05) is 17.3 Å². The zero-order valence-electron chi connectivity index (χ0n) is 15.0. The fourth-order valence-electron chi connectivity index (χ4n) is 2.78. The highest BCUT2D eigenvalue weighted by Crippen LogP contribution is 2.40. The second-order valence-corrected chi connectivity index (χ2v) is 8.83. The number of hydrogen-bond donors (Lipinski definition) is 1. The smallest absolute Gasteiger partial charge is 0.263 e. The number of benzene rings is 1. The Morgan fingerprint density at radius 1 is 1.19 bits per heavy atom. The molecular weight excluding hydrogens is 372 g/mol. The molecule has 0 saturated heterocycles. The average Bonchev–Trinajstić information content (AvgIpc) is 3.12. The molecule has 3 rings (SSSR count). The minimum Gasteiger partial charge on any atom is -0.492 e. The molecule has 0 aliphatic carbocycles. The molecule has 0 unspecified atom stereocenters. The van der Waals surface area contributed by atoms with Crippen LogP contribution < -0.4 is 9.46 Å². The molecule has 0 saturated carbocycles. The summed E-state index contributed by atoms with van der Waals surface area (Å²) < 4.78 is 39.8. The van der Waals surface area contributed by atoms with Gasteiger partial charge >= 0.3 is 0 Å².